The fourth-order valence-electron chi connectivity index (χ4n) is 12.0. The van der Waals surface area contributed by atoms with Crippen molar-refractivity contribution >= 4 is 48.9 Å². The third-order valence-electron chi connectivity index (χ3n) is 16.4. The number of carbonyl (C=O) groups excluding carboxylic acids is 1. The van der Waals surface area contributed by atoms with Crippen molar-refractivity contribution in [3.05, 3.63) is 89.5 Å². The zero-order valence-electron chi connectivity index (χ0n) is 43.4. The summed E-state index contributed by atoms with van der Waals surface area (Å²) >= 11 is 1.46. The molecule has 2 bridgehead atoms. The highest BCUT2D eigenvalue weighted by atomic mass is 32.2. The predicted octanol–water partition coefficient (Wildman–Crippen LogP) is 10.1. The lowest BCUT2D eigenvalue weighted by Gasteiger charge is -2.72. The highest BCUT2D eigenvalue weighted by Crippen LogP contribution is 2.79. The summed E-state index contributed by atoms with van der Waals surface area (Å²) in [5.74, 6) is -0.673. The molecular weight excluding hydrogens is 1030 g/mol. The smallest absolute Gasteiger partial charge is 0.396 e. The first-order valence-corrected chi connectivity index (χ1v) is 30.7. The monoisotopic (exact) mass is 1110 g/mol. The average Bonchev–Trinajstić information content (AvgIpc) is 3.36. The highest BCUT2D eigenvalue weighted by Gasteiger charge is 2.73. The molecule has 414 valence electrons. The van der Waals surface area contributed by atoms with Gasteiger partial charge in [-0.25, -0.2) is 30.3 Å². The van der Waals surface area contributed by atoms with Gasteiger partial charge in [-0.2, -0.15) is 13.2 Å². The largest absolute Gasteiger partial charge is 0.501 e. The van der Waals surface area contributed by atoms with Gasteiger partial charge in [-0.05, 0) is 130 Å². The van der Waals surface area contributed by atoms with E-state index in [2.05, 4.69) is 38.8 Å². The summed E-state index contributed by atoms with van der Waals surface area (Å²) in [7, 11) is -11.0. The molecule has 0 spiro atoms. The third-order valence-corrected chi connectivity index (χ3v) is 20.5. The lowest BCUT2D eigenvalue weighted by atomic mass is 9.32. The number of nitrogens with zero attached hydrogens (tertiary/aromatic N) is 4. The Balaban J connectivity index is 0.885. The van der Waals surface area contributed by atoms with Gasteiger partial charge in [-0.3, -0.25) is 9.69 Å². The number of halogens is 5. The summed E-state index contributed by atoms with van der Waals surface area (Å²) in [6, 6.07) is 17.7. The van der Waals surface area contributed by atoms with Gasteiger partial charge in [-0.15, -0.1) is 11.8 Å². The number of anilines is 2. The Morgan fingerprint density at radius 1 is 0.773 bits per heavy atom. The molecule has 6 aliphatic rings. The first kappa shape index (κ1) is 57.4. The maximum atomic E-state index is 14.4. The fraction of sp³-hybridized carbons (Fsp3) is 0.618. The van der Waals surface area contributed by atoms with E-state index in [0.717, 1.165) is 133 Å². The van der Waals surface area contributed by atoms with Gasteiger partial charge < -0.3 is 25.1 Å². The van der Waals surface area contributed by atoms with Crippen LogP contribution < -0.4 is 14.9 Å². The first-order valence-electron chi connectivity index (χ1n) is 26.7. The van der Waals surface area contributed by atoms with Crippen molar-refractivity contribution in [1.29, 1.82) is 0 Å². The number of aliphatic hydroxyl groups is 1. The van der Waals surface area contributed by atoms with Crippen LogP contribution in [-0.4, -0.2) is 145 Å². The van der Waals surface area contributed by atoms with E-state index >= 15 is 0 Å². The second-order valence-corrected chi connectivity index (χ2v) is 27.2. The van der Waals surface area contributed by atoms with Crippen molar-refractivity contribution in [2.45, 2.75) is 130 Å². The number of piperazine rings is 2. The van der Waals surface area contributed by atoms with Crippen LogP contribution in [0, 0.1) is 16.2 Å². The van der Waals surface area contributed by atoms with Crippen molar-refractivity contribution in [2.75, 3.05) is 94.6 Å². The van der Waals surface area contributed by atoms with Gasteiger partial charge in [0.1, 0.15) is 4.90 Å². The van der Waals surface area contributed by atoms with Crippen molar-refractivity contribution < 1.29 is 48.7 Å². The van der Waals surface area contributed by atoms with Crippen LogP contribution in [-0.2, 0) is 19.9 Å². The van der Waals surface area contributed by atoms with Gasteiger partial charge in [0, 0.05) is 105 Å². The number of carbonyl (C=O) groups is 1. The quantitative estimate of drug-likeness (QED) is 0.0322. The van der Waals surface area contributed by atoms with Crippen LogP contribution in [0.5, 0.6) is 0 Å². The summed E-state index contributed by atoms with van der Waals surface area (Å²) < 4.78 is 126. The Kier molecular flexibility index (Phi) is 18.4. The Labute approximate surface area is 445 Å². The number of hydrogen-bond donors (Lipinski definition) is 3. The Morgan fingerprint density at radius 2 is 1.39 bits per heavy atom. The Hall–Kier alpha value is -3.79. The molecule has 0 aromatic heterocycles. The summed E-state index contributed by atoms with van der Waals surface area (Å²) in [5.41, 5.74) is -3.20. The number of rotatable bonds is 25. The summed E-state index contributed by atoms with van der Waals surface area (Å²) in [4.78, 5) is 21.6. The maximum Gasteiger partial charge on any atom is 0.501 e. The molecule has 0 radical (unpaired) electrons. The van der Waals surface area contributed by atoms with E-state index in [1.807, 2.05) is 35.1 Å². The zero-order chi connectivity index (χ0) is 53.7. The molecule has 9 rings (SSSR count). The van der Waals surface area contributed by atoms with E-state index in [-0.39, 0.29) is 23.0 Å². The van der Waals surface area contributed by atoms with E-state index in [1.54, 1.807) is 12.1 Å². The Bertz CT molecular complexity index is 2660. The molecule has 2 heterocycles. The van der Waals surface area contributed by atoms with Crippen molar-refractivity contribution in [1.82, 2.24) is 19.4 Å². The molecule has 1 atom stereocenters. The molecule has 3 N–H and O–H groups in total. The third kappa shape index (κ3) is 13.9. The highest BCUT2D eigenvalue weighted by molar-refractivity contribution is 7.99. The van der Waals surface area contributed by atoms with Gasteiger partial charge >= 0.3 is 5.51 Å². The molecule has 3 aromatic carbocycles. The first-order chi connectivity index (χ1) is 35.6. The van der Waals surface area contributed by atoms with E-state index in [1.165, 1.54) is 35.0 Å². The minimum Gasteiger partial charge on any atom is -0.396 e. The lowest BCUT2D eigenvalue weighted by molar-refractivity contribution is -0.250. The number of benzene rings is 3. The second kappa shape index (κ2) is 24.1. The predicted molar refractivity (Wildman–Crippen MR) is 286 cm³/mol. The van der Waals surface area contributed by atoms with Crippen molar-refractivity contribution in [3.8, 4) is 0 Å². The van der Waals surface area contributed by atoms with E-state index < -0.39 is 64.6 Å². The van der Waals surface area contributed by atoms with Crippen LogP contribution >= 0.6 is 11.8 Å². The summed E-state index contributed by atoms with van der Waals surface area (Å²) in [5, 5.41) is 12.0. The number of sulfonamides is 1. The molecule has 5 fully saturated rings. The number of sulfone groups is 1. The van der Waals surface area contributed by atoms with Gasteiger partial charge in [0.2, 0.25) is 6.43 Å². The minimum atomic E-state index is -6.09. The minimum absolute atomic E-state index is 0.0225. The molecular formula is C55H75F5N6O6S3. The van der Waals surface area contributed by atoms with Crippen molar-refractivity contribution in [3.63, 3.8) is 0 Å². The van der Waals surface area contributed by atoms with Crippen LogP contribution in [0.2, 0.25) is 0 Å². The molecule has 20 heteroatoms. The number of alkyl halides is 5. The fourth-order valence-corrected chi connectivity index (χ4v) is 15.0. The average molecular weight is 1110 g/mol. The number of hydrogen-bond acceptors (Lipinski definition) is 12. The number of allylic oxidation sites excluding steroid dienone is 1. The number of unbranched alkanes of at least 4 members (excludes halogenated alkanes) is 5. The van der Waals surface area contributed by atoms with Gasteiger partial charge in [0.05, 0.1) is 10.6 Å². The second-order valence-electron chi connectivity index (χ2n) is 22.5. The number of nitrogens with one attached hydrogen (secondary N) is 2. The normalized spacial score (nSPS) is 23.2. The number of aliphatic hydroxyl groups excluding tert-OH is 1. The van der Waals surface area contributed by atoms with Crippen molar-refractivity contribution in [2.24, 2.45) is 16.2 Å². The standard InChI is InChI=1S/C55H75F5N6O6S3/c1-52(2)22-20-42(47(35-52)53-38-54(39-53,40-53)51(56)57)36-65-29-31-66(32-30-65)44-16-14-41(15-17-44)50(68)62-75(71,72)46-18-19-48(49(34-46)74(69,70)55(58,59)60)61-43(37-73-45-12-8-7-9-13-45)21-24-64-27-25-63(26-28-64)23-10-5-3-4-6-11-33-67/h7-9,12-19,34,43,51,61,67H,3-6,10-11,20-33,35-40H2,1-2H3,(H,62,68)/t43-,53?,54?/m1/s1. The molecule has 4 aliphatic carbocycles. The van der Waals surface area contributed by atoms with Crippen LogP contribution in [0.4, 0.5) is 33.3 Å². The molecule has 3 saturated carbocycles. The molecule has 3 aromatic rings. The van der Waals surface area contributed by atoms with Gasteiger partial charge in [0.25, 0.3) is 25.8 Å². The summed E-state index contributed by atoms with van der Waals surface area (Å²) in [6.07, 6.45) is 9.39. The van der Waals surface area contributed by atoms with Crippen LogP contribution in [0.15, 0.2) is 98.6 Å². The van der Waals surface area contributed by atoms with E-state index in [4.69, 9.17) is 5.11 Å². The van der Waals surface area contributed by atoms with E-state index in [0.29, 0.717) is 57.1 Å². The Morgan fingerprint density at radius 3 is 2.01 bits per heavy atom. The van der Waals surface area contributed by atoms with Crippen LogP contribution in [0.1, 0.15) is 108 Å². The molecule has 12 nitrogen and oxygen atoms in total. The van der Waals surface area contributed by atoms with Gasteiger partial charge in [0.15, 0.2) is 0 Å². The van der Waals surface area contributed by atoms with E-state index in [9.17, 15) is 43.6 Å². The summed E-state index contributed by atoms with van der Waals surface area (Å²) in [6.45, 7) is 13.5. The van der Waals surface area contributed by atoms with Gasteiger partial charge in [-0.1, -0.05) is 68.9 Å². The number of thioether (sulfide) groups is 1. The lowest BCUT2D eigenvalue weighted by Crippen LogP contribution is -2.66. The maximum absolute atomic E-state index is 14.4. The van der Waals surface area contributed by atoms with Crippen LogP contribution in [0.3, 0.4) is 0 Å². The molecule has 1 amide bonds. The zero-order valence-corrected chi connectivity index (χ0v) is 45.8. The molecule has 75 heavy (non-hydrogen) atoms. The molecule has 2 saturated heterocycles. The van der Waals surface area contributed by atoms with Crippen LogP contribution in [0.25, 0.3) is 0 Å². The number of amides is 1. The molecule has 0 unspecified atom stereocenters. The molecule has 2 aliphatic heterocycles. The topological polar surface area (TPSA) is 143 Å². The SMILES string of the molecule is CC1(C)CCC(CN2CCN(c3ccc(C(=O)NS(=O)(=O)c4ccc(N[C@H](CCN5CCN(CCCCCCCCO)CC5)CSc5ccccc5)c(S(=O)(=O)C(F)(F)F)c4)cc3)CC2)=C(C23CC(C(F)F)(C2)C3)C1.